The minimum Gasteiger partial charge on any atom is -0.383 e. The fraction of sp³-hybridized carbons (Fsp3) is 0.407. The molecule has 0 spiro atoms. The topological polar surface area (TPSA) is 90.7 Å². The molecule has 10 heteroatoms. The van der Waals surface area contributed by atoms with Gasteiger partial charge in [0.1, 0.15) is 5.82 Å². The van der Waals surface area contributed by atoms with E-state index in [2.05, 4.69) is 4.98 Å². The average Bonchev–Trinajstić information content (AvgIpc) is 3.54. The molecule has 1 saturated heterocycles. The lowest BCUT2D eigenvalue weighted by Crippen LogP contribution is -2.35. The summed E-state index contributed by atoms with van der Waals surface area (Å²) in [4.78, 5) is 19.4. The summed E-state index contributed by atoms with van der Waals surface area (Å²) in [5.74, 6) is -1.29. The van der Waals surface area contributed by atoms with Gasteiger partial charge in [-0.25, -0.2) is 17.8 Å². The Hall–Kier alpha value is -3.08. The van der Waals surface area contributed by atoms with Crippen LogP contribution in [-0.4, -0.2) is 61.7 Å². The van der Waals surface area contributed by atoms with Crippen molar-refractivity contribution in [2.24, 2.45) is 0 Å². The van der Waals surface area contributed by atoms with Gasteiger partial charge < -0.3 is 18.9 Å². The first-order valence-electron chi connectivity index (χ1n) is 12.3. The molecule has 1 amide bonds. The summed E-state index contributed by atoms with van der Waals surface area (Å²) in [7, 11) is -2.43. The second-order valence-electron chi connectivity index (χ2n) is 9.16. The van der Waals surface area contributed by atoms with Gasteiger partial charge in [-0.1, -0.05) is 36.4 Å². The van der Waals surface area contributed by atoms with Gasteiger partial charge in [0.15, 0.2) is 0 Å². The molecule has 4 rings (SSSR count). The van der Waals surface area contributed by atoms with Crippen LogP contribution in [0.15, 0.2) is 59.9 Å². The van der Waals surface area contributed by atoms with Gasteiger partial charge in [-0.15, -0.1) is 0 Å². The van der Waals surface area contributed by atoms with Crippen molar-refractivity contribution in [3.05, 3.63) is 82.9 Å². The van der Waals surface area contributed by atoms with Crippen LogP contribution in [0, 0.1) is 12.7 Å². The van der Waals surface area contributed by atoms with Crippen molar-refractivity contribution in [3.63, 3.8) is 0 Å². The van der Waals surface area contributed by atoms with Crippen molar-refractivity contribution in [1.29, 1.82) is 0 Å². The van der Waals surface area contributed by atoms with Gasteiger partial charge in [0.05, 0.1) is 43.4 Å². The van der Waals surface area contributed by atoms with Gasteiger partial charge in [0.2, 0.25) is 15.0 Å². The van der Waals surface area contributed by atoms with E-state index in [1.165, 1.54) is 24.4 Å². The number of benzene rings is 2. The molecule has 1 aliphatic rings. The van der Waals surface area contributed by atoms with E-state index in [9.17, 15) is 17.6 Å². The third-order valence-electron chi connectivity index (χ3n) is 6.47. The number of rotatable bonds is 11. The first-order valence-corrected chi connectivity index (χ1v) is 13.9. The van der Waals surface area contributed by atoms with Crippen LogP contribution in [0.3, 0.4) is 0 Å². The number of imidazole rings is 1. The SMILES string of the molecule is COCCN(Cc1cnc(S(=O)(=O)Cc2ccccc2F)n1C[C@H]1CCCO1)C(=O)c1ccccc1C. The first-order chi connectivity index (χ1) is 17.8. The highest BCUT2D eigenvalue weighted by Gasteiger charge is 2.29. The summed E-state index contributed by atoms with van der Waals surface area (Å²) in [6.07, 6.45) is 2.99. The molecule has 1 aromatic heterocycles. The molecule has 0 saturated carbocycles. The first kappa shape index (κ1) is 27.0. The zero-order valence-electron chi connectivity index (χ0n) is 21.1. The predicted molar refractivity (Wildman–Crippen MR) is 136 cm³/mol. The lowest BCUT2D eigenvalue weighted by atomic mass is 10.1. The van der Waals surface area contributed by atoms with Crippen LogP contribution in [0.5, 0.6) is 0 Å². The third kappa shape index (κ3) is 6.44. The van der Waals surface area contributed by atoms with E-state index in [0.29, 0.717) is 31.0 Å². The molecule has 1 aliphatic heterocycles. The van der Waals surface area contributed by atoms with E-state index < -0.39 is 21.4 Å². The minimum absolute atomic E-state index is 0.0761. The molecule has 8 nitrogen and oxygen atoms in total. The Kier molecular flexibility index (Phi) is 8.73. The second kappa shape index (κ2) is 12.0. The molecular formula is C27H32FN3O5S. The second-order valence-corrected chi connectivity index (χ2v) is 11.0. The summed E-state index contributed by atoms with van der Waals surface area (Å²) in [5.41, 5.74) is 2.04. The van der Waals surface area contributed by atoms with Gasteiger partial charge in [-0.2, -0.15) is 0 Å². The third-order valence-corrected chi connectivity index (χ3v) is 8.05. The molecule has 0 unspecified atom stereocenters. The van der Waals surface area contributed by atoms with Crippen LogP contribution in [0.2, 0.25) is 0 Å². The van der Waals surface area contributed by atoms with Crippen molar-refractivity contribution < 1.29 is 27.1 Å². The Morgan fingerprint density at radius 2 is 1.97 bits per heavy atom. The van der Waals surface area contributed by atoms with Crippen molar-refractivity contribution in [3.8, 4) is 0 Å². The number of hydrogen-bond donors (Lipinski definition) is 0. The Balaban J connectivity index is 1.69. The molecule has 1 fully saturated rings. The van der Waals surface area contributed by atoms with Crippen LogP contribution in [0.1, 0.15) is 40.0 Å². The number of carbonyl (C=O) groups is 1. The zero-order chi connectivity index (χ0) is 26.4. The summed E-state index contributed by atoms with van der Waals surface area (Å²) < 4.78 is 53.8. The van der Waals surface area contributed by atoms with E-state index in [1.54, 1.807) is 28.7 Å². The van der Waals surface area contributed by atoms with Crippen molar-refractivity contribution in [1.82, 2.24) is 14.5 Å². The van der Waals surface area contributed by atoms with Gasteiger partial charge in [-0.3, -0.25) is 4.79 Å². The zero-order valence-corrected chi connectivity index (χ0v) is 21.9. The highest BCUT2D eigenvalue weighted by Crippen LogP contribution is 2.24. The van der Waals surface area contributed by atoms with E-state index in [-0.39, 0.29) is 35.8 Å². The normalized spacial score (nSPS) is 15.7. The largest absolute Gasteiger partial charge is 0.383 e. The van der Waals surface area contributed by atoms with Gasteiger partial charge in [0.25, 0.3) is 5.91 Å². The molecule has 3 aromatic rings. The molecule has 0 bridgehead atoms. The van der Waals surface area contributed by atoms with Gasteiger partial charge in [0, 0.05) is 31.4 Å². The molecule has 0 radical (unpaired) electrons. The van der Waals surface area contributed by atoms with Crippen molar-refractivity contribution in [2.45, 2.75) is 49.9 Å². The highest BCUT2D eigenvalue weighted by atomic mass is 32.2. The van der Waals surface area contributed by atoms with Crippen LogP contribution in [-0.2, 0) is 38.2 Å². The molecule has 1 atom stereocenters. The Morgan fingerprint density at radius 1 is 1.22 bits per heavy atom. The fourth-order valence-corrected chi connectivity index (χ4v) is 5.98. The number of amides is 1. The Morgan fingerprint density at radius 3 is 2.68 bits per heavy atom. The van der Waals surface area contributed by atoms with Gasteiger partial charge >= 0.3 is 0 Å². The van der Waals surface area contributed by atoms with Crippen molar-refractivity contribution in [2.75, 3.05) is 26.9 Å². The molecule has 2 heterocycles. The van der Waals surface area contributed by atoms with Crippen LogP contribution >= 0.6 is 0 Å². The van der Waals surface area contributed by atoms with E-state index >= 15 is 0 Å². The predicted octanol–water partition coefficient (Wildman–Crippen LogP) is 3.77. The molecular weight excluding hydrogens is 497 g/mol. The number of sulfone groups is 1. The number of hydrogen-bond acceptors (Lipinski definition) is 6. The number of aryl methyl sites for hydroxylation is 1. The number of aromatic nitrogens is 2. The standard InChI is InChI=1S/C27H32FN3O5S/c1-20-8-3-5-11-24(20)26(32)30(13-15-35-2)17-22-16-29-27(31(22)18-23-10-7-14-36-23)37(33,34)19-21-9-4-6-12-25(21)28/h3-6,8-9,11-12,16,23H,7,10,13-15,17-19H2,1-2H3/t23-/m1/s1. The monoisotopic (exact) mass is 529 g/mol. The Labute approximate surface area is 216 Å². The average molecular weight is 530 g/mol. The highest BCUT2D eigenvalue weighted by molar-refractivity contribution is 7.90. The molecule has 0 N–H and O–H groups in total. The number of methoxy groups -OCH3 is 1. The fourth-order valence-electron chi connectivity index (χ4n) is 4.47. The minimum atomic E-state index is -3.99. The lowest BCUT2D eigenvalue weighted by Gasteiger charge is -2.25. The summed E-state index contributed by atoms with van der Waals surface area (Å²) in [6.45, 7) is 3.51. The molecule has 37 heavy (non-hydrogen) atoms. The Bertz CT molecular complexity index is 1340. The summed E-state index contributed by atoms with van der Waals surface area (Å²) >= 11 is 0. The van der Waals surface area contributed by atoms with Crippen LogP contribution in [0.4, 0.5) is 4.39 Å². The van der Waals surface area contributed by atoms with Gasteiger partial charge in [-0.05, 0) is 37.5 Å². The van der Waals surface area contributed by atoms with E-state index in [0.717, 1.165) is 18.4 Å². The van der Waals surface area contributed by atoms with E-state index in [4.69, 9.17) is 9.47 Å². The summed E-state index contributed by atoms with van der Waals surface area (Å²) in [6, 6.07) is 13.1. The smallest absolute Gasteiger partial charge is 0.254 e. The lowest BCUT2D eigenvalue weighted by molar-refractivity contribution is 0.0668. The quantitative estimate of drug-likeness (QED) is 0.376. The van der Waals surface area contributed by atoms with Crippen LogP contribution < -0.4 is 0 Å². The summed E-state index contributed by atoms with van der Waals surface area (Å²) in [5, 5.41) is -0.156. The molecule has 0 aliphatic carbocycles. The maximum atomic E-state index is 14.3. The number of nitrogens with zero attached hydrogens (tertiary/aromatic N) is 3. The maximum Gasteiger partial charge on any atom is 0.254 e. The van der Waals surface area contributed by atoms with Crippen LogP contribution in [0.25, 0.3) is 0 Å². The van der Waals surface area contributed by atoms with Crippen molar-refractivity contribution >= 4 is 15.7 Å². The molecule has 198 valence electrons. The number of ether oxygens (including phenoxy) is 2. The molecule has 2 aromatic carbocycles. The van der Waals surface area contributed by atoms with E-state index in [1.807, 2.05) is 25.1 Å². The maximum absolute atomic E-state index is 14.3. The number of carbonyl (C=O) groups excluding carboxylic acids is 1. The number of halogens is 1.